The van der Waals surface area contributed by atoms with Crippen molar-refractivity contribution in [3.05, 3.63) is 107 Å². The lowest BCUT2D eigenvalue weighted by Gasteiger charge is -1.96. The van der Waals surface area contributed by atoms with Crippen LogP contribution in [-0.2, 0) is 4.79 Å². The SMILES string of the molecule is CC(=O)/C=C/C(C)=C/C=C/C=C(C)/C=C/C=C(C)/C=C/C=C(\C)CCC=C(C)C. The van der Waals surface area contributed by atoms with E-state index in [-0.39, 0.29) is 5.78 Å². The Bertz CT molecular complexity index is 780. The topological polar surface area (TPSA) is 17.1 Å². The normalized spacial score (nSPS) is 14.7. The lowest BCUT2D eigenvalue weighted by atomic mass is 10.1. The van der Waals surface area contributed by atoms with Crippen LogP contribution in [0, 0.1) is 0 Å². The van der Waals surface area contributed by atoms with Crippen molar-refractivity contribution in [1.29, 1.82) is 0 Å². The second-order valence-corrected chi connectivity index (χ2v) is 7.61. The Balaban J connectivity index is 4.58. The van der Waals surface area contributed by atoms with Crippen LogP contribution in [0.4, 0.5) is 0 Å². The first-order chi connectivity index (χ1) is 13.7. The van der Waals surface area contributed by atoms with Crippen molar-refractivity contribution in [2.24, 2.45) is 0 Å². The van der Waals surface area contributed by atoms with Crippen LogP contribution in [0.25, 0.3) is 0 Å². The highest BCUT2D eigenvalue weighted by molar-refractivity contribution is 5.87. The van der Waals surface area contributed by atoms with Gasteiger partial charge in [-0.2, -0.15) is 0 Å². The molecule has 29 heavy (non-hydrogen) atoms. The molecular formula is C28H38O. The largest absolute Gasteiger partial charge is 0.295 e. The molecule has 0 saturated heterocycles. The van der Waals surface area contributed by atoms with E-state index in [9.17, 15) is 4.79 Å². The fourth-order valence-electron chi connectivity index (χ4n) is 2.22. The molecule has 0 saturated carbocycles. The summed E-state index contributed by atoms with van der Waals surface area (Å²) in [4.78, 5) is 10.9. The predicted octanol–water partition coefficient (Wildman–Crippen LogP) is 8.33. The standard InChI is InChI=1S/C28H38O/c1-23(2)13-10-16-25(4)18-12-20-26(5)19-11-17-24(3)14-8-9-15-27(6)21-22-28(7)29/h8-9,11-15,17-22H,10,16H2,1-7H3/b9-8+,17-11+,20-12+,22-21+,24-14+,25-18+,26-19+,27-15+. The number of hydrogen-bond acceptors (Lipinski definition) is 1. The van der Waals surface area contributed by atoms with Crippen LogP contribution in [0.2, 0.25) is 0 Å². The minimum atomic E-state index is 0.0615. The zero-order chi connectivity index (χ0) is 22.1. The Morgan fingerprint density at radius 2 is 1.07 bits per heavy atom. The number of carbonyl (C=O) groups excluding carboxylic acids is 1. The summed E-state index contributed by atoms with van der Waals surface area (Å²) in [6.07, 6.45) is 28.7. The summed E-state index contributed by atoms with van der Waals surface area (Å²) in [5, 5.41) is 0. The van der Waals surface area contributed by atoms with Crippen LogP contribution in [-0.4, -0.2) is 5.78 Å². The zero-order valence-corrected chi connectivity index (χ0v) is 19.3. The maximum atomic E-state index is 10.9. The van der Waals surface area contributed by atoms with Crippen molar-refractivity contribution in [1.82, 2.24) is 0 Å². The van der Waals surface area contributed by atoms with Crippen LogP contribution in [0.3, 0.4) is 0 Å². The van der Waals surface area contributed by atoms with Crippen molar-refractivity contribution >= 4 is 5.78 Å². The number of allylic oxidation sites excluding steroid dienone is 18. The second-order valence-electron chi connectivity index (χ2n) is 7.61. The third-order valence-corrected chi connectivity index (χ3v) is 3.96. The molecule has 0 rings (SSSR count). The van der Waals surface area contributed by atoms with Crippen molar-refractivity contribution in [3.63, 3.8) is 0 Å². The lowest BCUT2D eigenvalue weighted by molar-refractivity contribution is -0.112. The molecule has 0 unspecified atom stereocenters. The maximum Gasteiger partial charge on any atom is 0.152 e. The highest BCUT2D eigenvalue weighted by Crippen LogP contribution is 2.07. The Labute approximate surface area is 179 Å². The van der Waals surface area contributed by atoms with E-state index in [4.69, 9.17) is 0 Å². The summed E-state index contributed by atoms with van der Waals surface area (Å²) in [6.45, 7) is 14.2. The van der Waals surface area contributed by atoms with Gasteiger partial charge in [-0.25, -0.2) is 0 Å². The van der Waals surface area contributed by atoms with Crippen LogP contribution < -0.4 is 0 Å². The van der Waals surface area contributed by atoms with Crippen LogP contribution in [0.15, 0.2) is 107 Å². The number of carbonyl (C=O) groups is 1. The molecule has 0 heterocycles. The molecule has 1 nitrogen and oxygen atoms in total. The second kappa shape index (κ2) is 16.3. The van der Waals surface area contributed by atoms with Crippen LogP contribution in [0.5, 0.6) is 0 Å². The Hall–Kier alpha value is -2.67. The van der Waals surface area contributed by atoms with E-state index in [1.165, 1.54) is 22.3 Å². The van der Waals surface area contributed by atoms with Gasteiger partial charge >= 0.3 is 0 Å². The third kappa shape index (κ3) is 18.5. The number of hydrogen-bond donors (Lipinski definition) is 0. The minimum Gasteiger partial charge on any atom is -0.295 e. The number of rotatable bonds is 11. The molecule has 0 aromatic carbocycles. The van der Waals surface area contributed by atoms with Gasteiger partial charge in [0.15, 0.2) is 5.78 Å². The monoisotopic (exact) mass is 390 g/mol. The Morgan fingerprint density at radius 1 is 0.586 bits per heavy atom. The van der Waals surface area contributed by atoms with E-state index in [0.29, 0.717) is 0 Å². The molecule has 0 radical (unpaired) electrons. The minimum absolute atomic E-state index is 0.0615. The first-order valence-corrected chi connectivity index (χ1v) is 10.2. The summed E-state index contributed by atoms with van der Waals surface area (Å²) in [5.41, 5.74) is 6.22. The van der Waals surface area contributed by atoms with Crippen molar-refractivity contribution < 1.29 is 4.79 Å². The van der Waals surface area contributed by atoms with Gasteiger partial charge in [0.25, 0.3) is 0 Å². The molecule has 0 fully saturated rings. The first-order valence-electron chi connectivity index (χ1n) is 10.2. The van der Waals surface area contributed by atoms with Gasteiger partial charge in [-0.1, -0.05) is 101 Å². The molecule has 0 aliphatic heterocycles. The highest BCUT2D eigenvalue weighted by atomic mass is 16.1. The fraction of sp³-hybridized carbons (Fsp3) is 0.321. The fourth-order valence-corrected chi connectivity index (χ4v) is 2.22. The van der Waals surface area contributed by atoms with Gasteiger partial charge < -0.3 is 0 Å². The molecule has 0 spiro atoms. The van der Waals surface area contributed by atoms with Gasteiger partial charge in [0.1, 0.15) is 0 Å². The quantitative estimate of drug-likeness (QED) is 0.197. The summed E-state index contributed by atoms with van der Waals surface area (Å²) >= 11 is 0. The van der Waals surface area contributed by atoms with Crippen molar-refractivity contribution in [2.75, 3.05) is 0 Å². The molecule has 1 heteroatoms. The van der Waals surface area contributed by atoms with Gasteiger partial charge in [0.05, 0.1) is 0 Å². The molecule has 0 aliphatic rings. The summed E-state index contributed by atoms with van der Waals surface area (Å²) in [5.74, 6) is 0.0615. The molecule has 0 N–H and O–H groups in total. The first kappa shape index (κ1) is 26.3. The van der Waals surface area contributed by atoms with E-state index in [1.807, 2.05) is 31.2 Å². The van der Waals surface area contributed by atoms with E-state index < -0.39 is 0 Å². The van der Waals surface area contributed by atoms with Crippen LogP contribution in [0.1, 0.15) is 61.3 Å². The molecule has 0 aromatic rings. The Kier molecular flexibility index (Phi) is 14.8. The maximum absolute atomic E-state index is 10.9. The number of ketones is 1. The molecule has 156 valence electrons. The van der Waals surface area contributed by atoms with Crippen molar-refractivity contribution in [3.8, 4) is 0 Å². The van der Waals surface area contributed by atoms with Crippen LogP contribution >= 0.6 is 0 Å². The lowest BCUT2D eigenvalue weighted by Crippen LogP contribution is -1.79. The molecular weight excluding hydrogens is 352 g/mol. The van der Waals surface area contributed by atoms with E-state index in [0.717, 1.165) is 18.4 Å². The smallest absolute Gasteiger partial charge is 0.152 e. The summed E-state index contributed by atoms with van der Waals surface area (Å²) in [7, 11) is 0. The third-order valence-electron chi connectivity index (χ3n) is 3.96. The predicted molar refractivity (Wildman–Crippen MR) is 131 cm³/mol. The molecule has 0 atom stereocenters. The van der Waals surface area contributed by atoms with Crippen molar-refractivity contribution in [2.45, 2.75) is 61.3 Å². The average Bonchev–Trinajstić information content (AvgIpc) is 2.63. The molecule has 0 aliphatic carbocycles. The van der Waals surface area contributed by atoms with E-state index >= 15 is 0 Å². The van der Waals surface area contributed by atoms with Gasteiger partial charge in [-0.15, -0.1) is 0 Å². The Morgan fingerprint density at radius 3 is 1.59 bits per heavy atom. The van der Waals surface area contributed by atoms with E-state index in [2.05, 4.69) is 83.2 Å². The molecule has 0 amide bonds. The van der Waals surface area contributed by atoms with E-state index in [1.54, 1.807) is 13.0 Å². The summed E-state index contributed by atoms with van der Waals surface area (Å²) in [6, 6.07) is 0. The van der Waals surface area contributed by atoms with Gasteiger partial charge in [-0.05, 0) is 67.4 Å². The highest BCUT2D eigenvalue weighted by Gasteiger charge is 1.87. The van der Waals surface area contributed by atoms with Gasteiger partial charge in [-0.3, -0.25) is 4.79 Å². The summed E-state index contributed by atoms with van der Waals surface area (Å²) < 4.78 is 0. The molecule has 0 aromatic heterocycles. The van der Waals surface area contributed by atoms with Gasteiger partial charge in [0.2, 0.25) is 0 Å². The molecule has 0 bridgehead atoms. The van der Waals surface area contributed by atoms with Gasteiger partial charge in [0, 0.05) is 0 Å². The zero-order valence-electron chi connectivity index (χ0n) is 19.3. The average molecular weight is 391 g/mol.